The molecule has 4 nitrogen and oxygen atoms in total. The lowest BCUT2D eigenvalue weighted by atomic mass is 10.3. The Bertz CT molecular complexity index is 231. The molecule has 0 bridgehead atoms. The first-order chi connectivity index (χ1) is 4.38. The van der Waals surface area contributed by atoms with Gasteiger partial charge in [-0.1, -0.05) is 0 Å². The third-order valence-corrected chi connectivity index (χ3v) is 1.05. The molecule has 0 radical (unpaired) electrons. The average molecular weight is 122 g/mol. The van der Waals surface area contributed by atoms with E-state index in [0.29, 0.717) is 12.2 Å². The van der Waals surface area contributed by atoms with E-state index in [9.17, 15) is 0 Å². The van der Waals surface area contributed by atoms with Gasteiger partial charge in [0.05, 0.1) is 0 Å². The number of nitriles is 1. The topological polar surface area (TPSA) is 78.5 Å². The van der Waals surface area contributed by atoms with Crippen molar-refractivity contribution < 1.29 is 0 Å². The van der Waals surface area contributed by atoms with E-state index in [1.54, 1.807) is 6.20 Å². The van der Waals surface area contributed by atoms with Crippen molar-refractivity contribution >= 4 is 0 Å². The van der Waals surface area contributed by atoms with Crippen molar-refractivity contribution in [1.82, 2.24) is 10.2 Å². The van der Waals surface area contributed by atoms with Gasteiger partial charge in [0.2, 0.25) is 0 Å². The summed E-state index contributed by atoms with van der Waals surface area (Å²) in [6, 6.07) is 1.90. The molecule has 0 amide bonds. The van der Waals surface area contributed by atoms with E-state index in [0.717, 1.165) is 5.56 Å². The molecule has 0 unspecified atom stereocenters. The predicted molar refractivity (Wildman–Crippen MR) is 31.2 cm³/mol. The second kappa shape index (κ2) is 2.29. The molecular formula is C5H6N4. The minimum Gasteiger partial charge on any atom is -0.326 e. The Labute approximate surface area is 52.3 Å². The number of nitrogens with two attached hydrogens (primary N) is 1. The highest BCUT2D eigenvalue weighted by molar-refractivity contribution is 5.27. The van der Waals surface area contributed by atoms with Crippen LogP contribution < -0.4 is 5.73 Å². The molecule has 4 heteroatoms. The molecule has 0 saturated heterocycles. The van der Waals surface area contributed by atoms with Gasteiger partial charge < -0.3 is 5.73 Å². The highest BCUT2D eigenvalue weighted by Gasteiger charge is 1.99. The smallest absolute Gasteiger partial charge is 0.166 e. The molecule has 0 fully saturated rings. The van der Waals surface area contributed by atoms with Crippen molar-refractivity contribution in [1.29, 1.82) is 5.26 Å². The van der Waals surface area contributed by atoms with Crippen LogP contribution in [0.15, 0.2) is 6.20 Å². The maximum atomic E-state index is 8.35. The van der Waals surface area contributed by atoms with Crippen LogP contribution in [0.5, 0.6) is 0 Å². The minimum atomic E-state index is 0.361. The molecule has 0 aliphatic rings. The van der Waals surface area contributed by atoms with Crippen LogP contribution in [-0.4, -0.2) is 10.2 Å². The summed E-state index contributed by atoms with van der Waals surface area (Å²) in [7, 11) is 0. The Balaban J connectivity index is 3.02. The summed E-state index contributed by atoms with van der Waals surface area (Å²) in [5, 5.41) is 14.5. The van der Waals surface area contributed by atoms with Gasteiger partial charge in [-0.2, -0.15) is 10.4 Å². The number of hydrogen-bond donors (Lipinski definition) is 2. The van der Waals surface area contributed by atoms with Crippen LogP contribution >= 0.6 is 0 Å². The van der Waals surface area contributed by atoms with Crippen molar-refractivity contribution in [2.75, 3.05) is 0 Å². The summed E-state index contributed by atoms with van der Waals surface area (Å²) in [5.41, 5.74) is 6.41. The molecule has 0 aliphatic heterocycles. The van der Waals surface area contributed by atoms with Gasteiger partial charge in [-0.25, -0.2) is 0 Å². The lowest BCUT2D eigenvalue weighted by Crippen LogP contribution is -1.96. The van der Waals surface area contributed by atoms with Gasteiger partial charge in [-0.05, 0) is 0 Å². The Morgan fingerprint density at radius 2 is 2.67 bits per heavy atom. The van der Waals surface area contributed by atoms with Gasteiger partial charge >= 0.3 is 0 Å². The average Bonchev–Trinajstić information content (AvgIpc) is 2.33. The molecular weight excluding hydrogens is 116 g/mol. The summed E-state index contributed by atoms with van der Waals surface area (Å²) in [6.07, 6.45) is 1.62. The van der Waals surface area contributed by atoms with Gasteiger partial charge in [0.1, 0.15) is 6.07 Å². The predicted octanol–water partition coefficient (Wildman–Crippen LogP) is -0.260. The second-order valence-electron chi connectivity index (χ2n) is 1.58. The molecule has 1 rings (SSSR count). The number of H-pyrrole nitrogens is 1. The molecule has 0 spiro atoms. The first kappa shape index (κ1) is 5.79. The van der Waals surface area contributed by atoms with Gasteiger partial charge in [0.25, 0.3) is 0 Å². The second-order valence-corrected chi connectivity index (χ2v) is 1.58. The van der Waals surface area contributed by atoms with Crippen molar-refractivity contribution in [3.05, 3.63) is 17.5 Å². The monoisotopic (exact) mass is 122 g/mol. The van der Waals surface area contributed by atoms with Crippen molar-refractivity contribution in [2.45, 2.75) is 6.54 Å². The third-order valence-electron chi connectivity index (χ3n) is 1.05. The standard InChI is InChI=1S/C5H6N4/c6-1-4-3-8-9-5(4)2-7/h3H,1,6H2,(H,8,9). The summed E-state index contributed by atoms with van der Waals surface area (Å²) in [6.45, 7) is 0.361. The Kier molecular flexibility index (Phi) is 1.47. The first-order valence-corrected chi connectivity index (χ1v) is 2.51. The molecule has 0 aromatic carbocycles. The van der Waals surface area contributed by atoms with E-state index in [-0.39, 0.29) is 0 Å². The Morgan fingerprint density at radius 3 is 3.11 bits per heavy atom. The Morgan fingerprint density at radius 1 is 1.89 bits per heavy atom. The fourth-order valence-corrected chi connectivity index (χ4v) is 0.567. The molecule has 3 N–H and O–H groups in total. The molecule has 9 heavy (non-hydrogen) atoms. The van der Waals surface area contributed by atoms with E-state index >= 15 is 0 Å². The summed E-state index contributed by atoms with van der Waals surface area (Å²) >= 11 is 0. The van der Waals surface area contributed by atoms with E-state index in [1.165, 1.54) is 0 Å². The molecule has 46 valence electrons. The van der Waals surface area contributed by atoms with E-state index in [2.05, 4.69) is 10.2 Å². The van der Waals surface area contributed by atoms with Crippen LogP contribution in [0.2, 0.25) is 0 Å². The molecule has 1 aromatic heterocycles. The van der Waals surface area contributed by atoms with Crippen molar-refractivity contribution in [3.63, 3.8) is 0 Å². The Hall–Kier alpha value is -1.34. The fraction of sp³-hybridized carbons (Fsp3) is 0.200. The van der Waals surface area contributed by atoms with Crippen LogP contribution in [0, 0.1) is 11.3 Å². The number of rotatable bonds is 1. The highest BCUT2D eigenvalue weighted by Crippen LogP contribution is 1.99. The van der Waals surface area contributed by atoms with Crippen molar-refractivity contribution in [2.24, 2.45) is 5.73 Å². The summed E-state index contributed by atoms with van der Waals surface area (Å²) < 4.78 is 0. The van der Waals surface area contributed by atoms with E-state index in [4.69, 9.17) is 11.0 Å². The third kappa shape index (κ3) is 0.902. The molecule has 1 aromatic rings. The minimum absolute atomic E-state index is 0.361. The zero-order valence-electron chi connectivity index (χ0n) is 4.76. The lowest BCUT2D eigenvalue weighted by Gasteiger charge is -1.83. The largest absolute Gasteiger partial charge is 0.326 e. The molecule has 0 saturated carbocycles. The highest BCUT2D eigenvalue weighted by atomic mass is 15.1. The maximum Gasteiger partial charge on any atom is 0.166 e. The maximum absolute atomic E-state index is 8.35. The number of aromatic amines is 1. The number of nitrogens with one attached hydrogen (secondary N) is 1. The zero-order valence-corrected chi connectivity index (χ0v) is 4.76. The van der Waals surface area contributed by atoms with Crippen LogP contribution in [0.25, 0.3) is 0 Å². The summed E-state index contributed by atoms with van der Waals surface area (Å²) in [5.74, 6) is 0. The zero-order chi connectivity index (χ0) is 6.69. The number of nitrogens with zero attached hydrogens (tertiary/aromatic N) is 2. The van der Waals surface area contributed by atoms with Crippen LogP contribution in [0.3, 0.4) is 0 Å². The quantitative estimate of drug-likeness (QED) is 0.538. The van der Waals surface area contributed by atoms with Crippen LogP contribution in [0.4, 0.5) is 0 Å². The normalized spacial score (nSPS) is 8.89. The van der Waals surface area contributed by atoms with Gasteiger partial charge in [0.15, 0.2) is 5.69 Å². The lowest BCUT2D eigenvalue weighted by molar-refractivity contribution is 1.06. The SMILES string of the molecule is N#Cc1n[nH]cc1CN. The number of hydrogen-bond acceptors (Lipinski definition) is 3. The van der Waals surface area contributed by atoms with Crippen molar-refractivity contribution in [3.8, 4) is 6.07 Å². The first-order valence-electron chi connectivity index (χ1n) is 2.51. The molecule has 0 atom stereocenters. The van der Waals surface area contributed by atoms with E-state index in [1.807, 2.05) is 6.07 Å². The number of aromatic nitrogens is 2. The van der Waals surface area contributed by atoms with Gasteiger partial charge in [0, 0.05) is 18.3 Å². The van der Waals surface area contributed by atoms with Crippen LogP contribution in [0.1, 0.15) is 11.3 Å². The fourth-order valence-electron chi connectivity index (χ4n) is 0.567. The molecule has 0 aliphatic carbocycles. The van der Waals surface area contributed by atoms with E-state index < -0.39 is 0 Å². The van der Waals surface area contributed by atoms with Crippen LogP contribution in [-0.2, 0) is 6.54 Å². The van der Waals surface area contributed by atoms with Gasteiger partial charge in [-0.15, -0.1) is 0 Å². The summed E-state index contributed by atoms with van der Waals surface area (Å²) in [4.78, 5) is 0. The molecule has 1 heterocycles. The van der Waals surface area contributed by atoms with Gasteiger partial charge in [-0.3, -0.25) is 5.10 Å².